The maximum absolute atomic E-state index is 11.0. The minimum atomic E-state index is -0.967. The predicted molar refractivity (Wildman–Crippen MR) is 46.7 cm³/mol. The van der Waals surface area contributed by atoms with Crippen LogP contribution in [0.2, 0.25) is 0 Å². The van der Waals surface area contributed by atoms with Gasteiger partial charge in [0.15, 0.2) is 0 Å². The van der Waals surface area contributed by atoms with Crippen molar-refractivity contribution in [2.75, 3.05) is 6.54 Å². The van der Waals surface area contributed by atoms with Gasteiger partial charge in [-0.25, -0.2) is 0 Å². The topological polar surface area (TPSA) is 92.4 Å². The number of amides is 1. The Bertz CT molecular complexity index is 232. The monoisotopic (exact) mass is 184 g/mol. The highest BCUT2D eigenvalue weighted by molar-refractivity contribution is 5.82. The van der Waals surface area contributed by atoms with Gasteiger partial charge in [0.2, 0.25) is 5.91 Å². The molecule has 0 radical (unpaired) electrons. The largest absolute Gasteiger partial charge is 0.481 e. The molecule has 13 heavy (non-hydrogen) atoms. The highest BCUT2D eigenvalue weighted by Gasteiger charge is 2.11. The van der Waals surface area contributed by atoms with Crippen molar-refractivity contribution in [2.24, 2.45) is 5.73 Å². The van der Waals surface area contributed by atoms with E-state index in [-0.39, 0.29) is 19.4 Å². The summed E-state index contributed by atoms with van der Waals surface area (Å²) in [7, 11) is 0. The molecule has 0 aromatic carbocycles. The van der Waals surface area contributed by atoms with E-state index in [0.717, 1.165) is 0 Å². The smallest absolute Gasteiger partial charge is 0.305 e. The molecule has 0 aliphatic carbocycles. The summed E-state index contributed by atoms with van der Waals surface area (Å²) in [6.07, 6.45) is 4.98. The number of nitrogens with two attached hydrogens (primary N) is 1. The molecule has 4 N–H and O–H groups in total. The lowest BCUT2D eigenvalue weighted by Gasteiger charge is -2.07. The van der Waals surface area contributed by atoms with Crippen LogP contribution >= 0.6 is 0 Å². The van der Waals surface area contributed by atoms with Crippen LogP contribution in [0.1, 0.15) is 12.8 Å². The number of hydrogen-bond donors (Lipinski definition) is 3. The summed E-state index contributed by atoms with van der Waals surface area (Å²) in [6.45, 7) is 0.0758. The number of carbonyl (C=O) groups excluding carboxylic acids is 1. The molecule has 0 spiro atoms. The maximum atomic E-state index is 11.0. The molecule has 0 aromatic heterocycles. The lowest BCUT2D eigenvalue weighted by Crippen LogP contribution is -2.41. The van der Waals surface area contributed by atoms with Gasteiger partial charge in [0.1, 0.15) is 0 Å². The molecular weight excluding hydrogens is 172 g/mol. The lowest BCUT2D eigenvalue weighted by molar-refractivity contribution is -0.136. The molecule has 0 saturated carbocycles. The van der Waals surface area contributed by atoms with Crippen LogP contribution in [0.25, 0.3) is 0 Å². The fourth-order valence-corrected chi connectivity index (χ4v) is 0.643. The van der Waals surface area contributed by atoms with Gasteiger partial charge in [-0.2, -0.15) is 0 Å². The molecule has 0 saturated heterocycles. The quantitative estimate of drug-likeness (QED) is 0.474. The first-order chi connectivity index (χ1) is 6.07. The van der Waals surface area contributed by atoms with E-state index in [1.165, 1.54) is 0 Å². The summed E-state index contributed by atoms with van der Waals surface area (Å²) in [5.74, 6) is 0.861. The maximum Gasteiger partial charge on any atom is 0.305 e. The first-order valence-corrected chi connectivity index (χ1v) is 3.76. The Morgan fingerprint density at radius 3 is 2.69 bits per heavy atom. The van der Waals surface area contributed by atoms with Gasteiger partial charge in [0.25, 0.3) is 0 Å². The first kappa shape index (κ1) is 11.5. The van der Waals surface area contributed by atoms with Crippen LogP contribution in [0, 0.1) is 12.3 Å². The third-order valence-electron chi connectivity index (χ3n) is 1.31. The second kappa shape index (κ2) is 6.03. The highest BCUT2D eigenvalue weighted by atomic mass is 16.4. The Balaban J connectivity index is 3.63. The molecule has 5 heteroatoms. The number of aliphatic carboxylic acids is 1. The summed E-state index contributed by atoms with van der Waals surface area (Å²) < 4.78 is 0. The van der Waals surface area contributed by atoms with E-state index in [1.807, 2.05) is 0 Å². The number of rotatable bonds is 5. The fourth-order valence-electron chi connectivity index (χ4n) is 0.643. The average molecular weight is 184 g/mol. The van der Waals surface area contributed by atoms with E-state index in [2.05, 4.69) is 11.2 Å². The molecule has 0 aromatic rings. The van der Waals surface area contributed by atoms with Crippen molar-refractivity contribution in [3.63, 3.8) is 0 Å². The second-order valence-corrected chi connectivity index (χ2v) is 2.45. The van der Waals surface area contributed by atoms with Gasteiger partial charge in [-0.3, -0.25) is 9.59 Å². The summed E-state index contributed by atoms with van der Waals surface area (Å²) in [5, 5.41) is 10.6. The first-order valence-electron chi connectivity index (χ1n) is 3.76. The van der Waals surface area contributed by atoms with Gasteiger partial charge in [0.05, 0.1) is 12.5 Å². The standard InChI is InChI=1S/C8H12N2O3/c1-2-3-6(9)8(13)10-5-4-7(11)12/h1,6H,3-5,9H2,(H,10,13)(H,11,12). The Kier molecular flexibility index (Phi) is 5.32. The van der Waals surface area contributed by atoms with E-state index in [9.17, 15) is 9.59 Å². The van der Waals surface area contributed by atoms with Crippen molar-refractivity contribution in [3.05, 3.63) is 0 Å². The predicted octanol–water partition coefficient (Wildman–Crippen LogP) is -1.07. The molecule has 1 amide bonds. The summed E-state index contributed by atoms with van der Waals surface area (Å²) in [6, 6.07) is -0.751. The van der Waals surface area contributed by atoms with Crippen LogP contribution in [0.3, 0.4) is 0 Å². The third-order valence-corrected chi connectivity index (χ3v) is 1.31. The van der Waals surface area contributed by atoms with Gasteiger partial charge in [-0.05, 0) is 0 Å². The summed E-state index contributed by atoms with van der Waals surface area (Å²) in [5.41, 5.74) is 5.34. The van der Waals surface area contributed by atoms with E-state index >= 15 is 0 Å². The zero-order chi connectivity index (χ0) is 10.3. The zero-order valence-electron chi connectivity index (χ0n) is 7.12. The number of terminal acetylenes is 1. The van der Waals surface area contributed by atoms with Gasteiger partial charge < -0.3 is 16.2 Å². The Hall–Kier alpha value is -1.54. The van der Waals surface area contributed by atoms with Crippen molar-refractivity contribution >= 4 is 11.9 Å². The molecular formula is C8H12N2O3. The van der Waals surface area contributed by atoms with Gasteiger partial charge >= 0.3 is 5.97 Å². The zero-order valence-corrected chi connectivity index (χ0v) is 7.12. The van der Waals surface area contributed by atoms with E-state index in [1.54, 1.807) is 0 Å². The van der Waals surface area contributed by atoms with Crippen molar-refractivity contribution in [1.82, 2.24) is 5.32 Å². The van der Waals surface area contributed by atoms with Gasteiger partial charge in [-0.15, -0.1) is 12.3 Å². The van der Waals surface area contributed by atoms with Crippen LogP contribution in [0.4, 0.5) is 0 Å². The summed E-state index contributed by atoms with van der Waals surface area (Å²) >= 11 is 0. The number of nitrogens with one attached hydrogen (secondary N) is 1. The molecule has 0 heterocycles. The Morgan fingerprint density at radius 2 is 2.23 bits per heavy atom. The van der Waals surface area contributed by atoms with Crippen molar-refractivity contribution in [3.8, 4) is 12.3 Å². The van der Waals surface area contributed by atoms with Crippen LogP contribution in [-0.2, 0) is 9.59 Å². The van der Waals surface area contributed by atoms with Gasteiger partial charge in [0, 0.05) is 13.0 Å². The third kappa shape index (κ3) is 5.70. The number of hydrogen-bond acceptors (Lipinski definition) is 3. The highest BCUT2D eigenvalue weighted by Crippen LogP contribution is 1.85. The molecule has 0 aliphatic heterocycles. The van der Waals surface area contributed by atoms with Crippen molar-refractivity contribution < 1.29 is 14.7 Å². The average Bonchev–Trinajstić information content (AvgIpc) is 2.04. The number of carbonyl (C=O) groups is 2. The van der Waals surface area contributed by atoms with E-state index < -0.39 is 17.9 Å². The number of carboxylic acids is 1. The lowest BCUT2D eigenvalue weighted by atomic mass is 10.2. The normalized spacial score (nSPS) is 11.4. The molecule has 0 fully saturated rings. The Labute approximate surface area is 76.3 Å². The fraction of sp³-hybridized carbons (Fsp3) is 0.500. The molecule has 5 nitrogen and oxygen atoms in total. The minimum Gasteiger partial charge on any atom is -0.481 e. The molecule has 0 aliphatic rings. The number of carboxylic acid groups (broad SMARTS) is 1. The second-order valence-electron chi connectivity index (χ2n) is 2.45. The van der Waals surface area contributed by atoms with Crippen molar-refractivity contribution in [2.45, 2.75) is 18.9 Å². The minimum absolute atomic E-state index is 0.0758. The van der Waals surface area contributed by atoms with E-state index in [0.29, 0.717) is 0 Å². The summed E-state index contributed by atoms with van der Waals surface area (Å²) in [4.78, 5) is 21.1. The van der Waals surface area contributed by atoms with E-state index in [4.69, 9.17) is 17.3 Å². The molecule has 1 unspecified atom stereocenters. The molecule has 72 valence electrons. The Morgan fingerprint density at radius 1 is 1.62 bits per heavy atom. The van der Waals surface area contributed by atoms with Crippen LogP contribution in [0.5, 0.6) is 0 Å². The van der Waals surface area contributed by atoms with Crippen LogP contribution in [0.15, 0.2) is 0 Å². The molecule has 1 atom stereocenters. The van der Waals surface area contributed by atoms with Crippen molar-refractivity contribution in [1.29, 1.82) is 0 Å². The van der Waals surface area contributed by atoms with Crippen LogP contribution in [-0.4, -0.2) is 29.6 Å². The molecule has 0 rings (SSSR count). The van der Waals surface area contributed by atoms with Crippen LogP contribution < -0.4 is 11.1 Å². The van der Waals surface area contributed by atoms with Gasteiger partial charge in [-0.1, -0.05) is 0 Å². The molecule has 0 bridgehead atoms. The SMILES string of the molecule is C#CCC(N)C(=O)NCCC(=O)O.